The van der Waals surface area contributed by atoms with Gasteiger partial charge in [-0.2, -0.15) is 0 Å². The number of carbonyl (C=O) groups excluding carboxylic acids is 2. The summed E-state index contributed by atoms with van der Waals surface area (Å²) in [7, 11) is 0. The van der Waals surface area contributed by atoms with Crippen molar-refractivity contribution >= 4 is 23.6 Å². The number of nitrogens with one attached hydrogen (secondary N) is 2. The van der Waals surface area contributed by atoms with Crippen LogP contribution < -0.4 is 15.4 Å². The molecule has 0 unspecified atom stereocenters. The number of anilines is 1. The Morgan fingerprint density at radius 2 is 1.80 bits per heavy atom. The van der Waals surface area contributed by atoms with Gasteiger partial charge in [0, 0.05) is 30.8 Å². The highest BCUT2D eigenvalue weighted by Crippen LogP contribution is 2.17. The molecule has 0 aliphatic carbocycles. The maximum Gasteiger partial charge on any atom is 0.244 e. The lowest BCUT2D eigenvalue weighted by molar-refractivity contribution is -0.116. The minimum Gasteiger partial charge on any atom is -0.494 e. The fourth-order valence-corrected chi connectivity index (χ4v) is 2.24. The van der Waals surface area contributed by atoms with Gasteiger partial charge in [0.2, 0.25) is 11.8 Å². The van der Waals surface area contributed by atoms with Crippen molar-refractivity contribution in [2.45, 2.75) is 20.4 Å². The van der Waals surface area contributed by atoms with Crippen LogP contribution in [0.5, 0.6) is 5.75 Å². The third-order valence-corrected chi connectivity index (χ3v) is 3.38. The van der Waals surface area contributed by atoms with Gasteiger partial charge in [0.25, 0.3) is 0 Å². The second-order valence-electron chi connectivity index (χ2n) is 5.40. The molecule has 2 N–H and O–H groups in total. The van der Waals surface area contributed by atoms with E-state index in [1.165, 1.54) is 13.0 Å². The van der Waals surface area contributed by atoms with E-state index in [-0.39, 0.29) is 11.8 Å². The van der Waals surface area contributed by atoms with Gasteiger partial charge < -0.3 is 15.4 Å². The number of hydrogen-bond donors (Lipinski definition) is 2. The van der Waals surface area contributed by atoms with Crippen LogP contribution in [0.2, 0.25) is 0 Å². The highest BCUT2D eigenvalue weighted by molar-refractivity contribution is 5.92. The average Bonchev–Trinajstić information content (AvgIpc) is 2.60. The van der Waals surface area contributed by atoms with E-state index < -0.39 is 0 Å². The van der Waals surface area contributed by atoms with Gasteiger partial charge in [0.15, 0.2) is 0 Å². The molecule has 0 bridgehead atoms. The Balaban J connectivity index is 1.89. The Labute approximate surface area is 147 Å². The number of ether oxygens (including phenoxy) is 1. The van der Waals surface area contributed by atoms with E-state index in [0.717, 1.165) is 22.6 Å². The molecule has 0 heterocycles. The fourth-order valence-electron chi connectivity index (χ4n) is 2.24. The smallest absolute Gasteiger partial charge is 0.244 e. The van der Waals surface area contributed by atoms with E-state index in [1.54, 1.807) is 18.2 Å². The maximum absolute atomic E-state index is 12.0. The molecule has 5 heteroatoms. The summed E-state index contributed by atoms with van der Waals surface area (Å²) in [6.45, 7) is 4.37. The van der Waals surface area contributed by atoms with Crippen LogP contribution >= 0.6 is 0 Å². The largest absolute Gasteiger partial charge is 0.494 e. The van der Waals surface area contributed by atoms with Crippen LogP contribution in [0.25, 0.3) is 6.08 Å². The van der Waals surface area contributed by atoms with Gasteiger partial charge in [0.1, 0.15) is 5.75 Å². The van der Waals surface area contributed by atoms with Gasteiger partial charge in [-0.25, -0.2) is 0 Å². The topological polar surface area (TPSA) is 67.4 Å². The molecule has 0 spiro atoms. The SMILES string of the molecule is CCOc1ccccc1CNC(=O)C=Cc1ccc(NC(C)=O)cc1. The van der Waals surface area contributed by atoms with Crippen molar-refractivity contribution in [1.82, 2.24) is 5.32 Å². The molecule has 0 radical (unpaired) electrons. The molecule has 0 aromatic heterocycles. The van der Waals surface area contributed by atoms with Crippen molar-refractivity contribution in [2.24, 2.45) is 0 Å². The molecule has 0 saturated heterocycles. The lowest BCUT2D eigenvalue weighted by atomic mass is 10.2. The quantitative estimate of drug-likeness (QED) is 0.761. The normalized spacial score (nSPS) is 10.5. The summed E-state index contributed by atoms with van der Waals surface area (Å²) in [5, 5.41) is 5.54. The zero-order valence-electron chi connectivity index (χ0n) is 14.4. The Kier molecular flexibility index (Phi) is 6.77. The average molecular weight is 338 g/mol. The molecule has 2 rings (SSSR count). The number of amides is 2. The van der Waals surface area contributed by atoms with E-state index in [2.05, 4.69) is 10.6 Å². The zero-order valence-corrected chi connectivity index (χ0v) is 14.4. The summed E-state index contributed by atoms with van der Waals surface area (Å²) >= 11 is 0. The molecule has 0 atom stereocenters. The molecule has 0 aliphatic heterocycles. The second kappa shape index (κ2) is 9.27. The maximum atomic E-state index is 12.0. The number of para-hydroxylation sites is 1. The van der Waals surface area contributed by atoms with Crippen LogP contribution in [0.1, 0.15) is 25.0 Å². The van der Waals surface area contributed by atoms with Crippen LogP contribution in [0.3, 0.4) is 0 Å². The molecule has 130 valence electrons. The molecule has 0 saturated carbocycles. The zero-order chi connectivity index (χ0) is 18.1. The summed E-state index contributed by atoms with van der Waals surface area (Å²) in [5.41, 5.74) is 2.53. The monoisotopic (exact) mass is 338 g/mol. The van der Waals surface area contributed by atoms with Crippen molar-refractivity contribution in [3.8, 4) is 5.75 Å². The first-order valence-electron chi connectivity index (χ1n) is 8.12. The van der Waals surface area contributed by atoms with Crippen LogP contribution in [-0.4, -0.2) is 18.4 Å². The van der Waals surface area contributed by atoms with Crippen molar-refractivity contribution < 1.29 is 14.3 Å². The van der Waals surface area contributed by atoms with Gasteiger partial charge in [-0.15, -0.1) is 0 Å². The van der Waals surface area contributed by atoms with Gasteiger partial charge in [-0.3, -0.25) is 9.59 Å². The predicted octanol–water partition coefficient (Wildman–Crippen LogP) is 3.37. The van der Waals surface area contributed by atoms with Gasteiger partial charge in [-0.05, 0) is 36.8 Å². The molecule has 5 nitrogen and oxygen atoms in total. The van der Waals surface area contributed by atoms with Crippen molar-refractivity contribution in [3.63, 3.8) is 0 Å². The predicted molar refractivity (Wildman–Crippen MR) is 99.2 cm³/mol. The molecule has 0 fully saturated rings. The third kappa shape index (κ3) is 6.14. The lowest BCUT2D eigenvalue weighted by Gasteiger charge is -2.10. The van der Waals surface area contributed by atoms with E-state index in [1.807, 2.05) is 43.3 Å². The number of benzene rings is 2. The molecule has 0 aliphatic rings. The van der Waals surface area contributed by atoms with Gasteiger partial charge in [0.05, 0.1) is 6.61 Å². The molecular weight excluding hydrogens is 316 g/mol. The van der Waals surface area contributed by atoms with Crippen molar-refractivity contribution in [1.29, 1.82) is 0 Å². The molecule has 25 heavy (non-hydrogen) atoms. The fraction of sp³-hybridized carbons (Fsp3) is 0.200. The Hall–Kier alpha value is -3.08. The Bertz CT molecular complexity index is 752. The first kappa shape index (κ1) is 18.3. The summed E-state index contributed by atoms with van der Waals surface area (Å²) < 4.78 is 5.54. The van der Waals surface area contributed by atoms with Crippen LogP contribution in [0, 0.1) is 0 Å². The highest BCUT2D eigenvalue weighted by Gasteiger charge is 2.03. The lowest BCUT2D eigenvalue weighted by Crippen LogP contribution is -2.20. The molecular formula is C20H22N2O3. The number of rotatable bonds is 7. The van der Waals surface area contributed by atoms with Gasteiger partial charge in [-0.1, -0.05) is 30.3 Å². The second-order valence-corrected chi connectivity index (χ2v) is 5.40. The molecule has 2 aromatic rings. The van der Waals surface area contributed by atoms with E-state index in [9.17, 15) is 9.59 Å². The van der Waals surface area contributed by atoms with E-state index in [0.29, 0.717) is 13.2 Å². The first-order valence-corrected chi connectivity index (χ1v) is 8.12. The first-order chi connectivity index (χ1) is 12.1. The number of hydrogen-bond acceptors (Lipinski definition) is 3. The van der Waals surface area contributed by atoms with E-state index >= 15 is 0 Å². The minimum absolute atomic E-state index is 0.116. The highest BCUT2D eigenvalue weighted by atomic mass is 16.5. The third-order valence-electron chi connectivity index (χ3n) is 3.38. The molecule has 2 aromatic carbocycles. The van der Waals surface area contributed by atoms with Crippen LogP contribution in [-0.2, 0) is 16.1 Å². The van der Waals surface area contributed by atoms with Crippen molar-refractivity contribution in [3.05, 3.63) is 65.7 Å². The van der Waals surface area contributed by atoms with Crippen molar-refractivity contribution in [2.75, 3.05) is 11.9 Å². The minimum atomic E-state index is -0.183. The van der Waals surface area contributed by atoms with Crippen LogP contribution in [0.4, 0.5) is 5.69 Å². The van der Waals surface area contributed by atoms with Crippen LogP contribution in [0.15, 0.2) is 54.6 Å². The van der Waals surface area contributed by atoms with E-state index in [4.69, 9.17) is 4.74 Å². The summed E-state index contributed by atoms with van der Waals surface area (Å²) in [5.74, 6) is 0.482. The Morgan fingerprint density at radius 3 is 2.48 bits per heavy atom. The summed E-state index contributed by atoms with van der Waals surface area (Å²) in [6, 6.07) is 14.9. The van der Waals surface area contributed by atoms with Gasteiger partial charge >= 0.3 is 0 Å². The summed E-state index contributed by atoms with van der Waals surface area (Å²) in [4.78, 5) is 23.0. The molecule has 2 amide bonds. The number of carbonyl (C=O) groups is 2. The summed E-state index contributed by atoms with van der Waals surface area (Å²) in [6.07, 6.45) is 3.21. The Morgan fingerprint density at radius 1 is 1.08 bits per heavy atom. The standard InChI is InChI=1S/C20H22N2O3/c1-3-25-19-7-5-4-6-17(19)14-21-20(24)13-10-16-8-11-18(12-9-16)22-15(2)23/h4-13H,3,14H2,1-2H3,(H,21,24)(H,22,23).